The number of nitrogens with zero attached hydrogens (tertiary/aromatic N) is 2. The predicted octanol–water partition coefficient (Wildman–Crippen LogP) is 2.92. The largest absolute Gasteiger partial charge is 0.466 e. The van der Waals surface area contributed by atoms with Gasteiger partial charge in [-0.15, -0.1) is 10.2 Å². The molecule has 2 aromatic heterocycles. The van der Waals surface area contributed by atoms with E-state index in [9.17, 15) is 0 Å². The van der Waals surface area contributed by atoms with Crippen LogP contribution in [0.2, 0.25) is 0 Å². The minimum atomic E-state index is 0.519. The smallest absolute Gasteiger partial charge is 0.271 e. The van der Waals surface area contributed by atoms with Crippen molar-refractivity contribution in [3.8, 4) is 11.5 Å². The summed E-state index contributed by atoms with van der Waals surface area (Å²) in [6, 6.07) is 10.3. The van der Waals surface area contributed by atoms with E-state index in [1.54, 1.807) is 0 Å². The van der Waals surface area contributed by atoms with Crippen molar-refractivity contribution in [1.82, 2.24) is 10.2 Å². The first-order chi connectivity index (χ1) is 11.0. The molecule has 0 aliphatic carbocycles. The molecule has 0 saturated heterocycles. The normalized spacial score (nSPS) is 12.5. The molecular weight excluding hydrogens is 358 g/mol. The molecule has 6 heteroatoms. The van der Waals surface area contributed by atoms with Gasteiger partial charge in [0.2, 0.25) is 0 Å². The van der Waals surface area contributed by atoms with Crippen LogP contribution in [-0.2, 0) is 13.1 Å². The van der Waals surface area contributed by atoms with E-state index in [4.69, 9.17) is 8.83 Å². The third-order valence-corrected chi connectivity index (χ3v) is 4.14. The van der Waals surface area contributed by atoms with Crippen LogP contribution in [0, 0.1) is 13.8 Å². The van der Waals surface area contributed by atoms with Gasteiger partial charge in [-0.3, -0.25) is 0 Å². The monoisotopic (exact) mass is 376 g/mol. The number of aromatic nitrogens is 2. The average molecular weight is 377 g/mol. The van der Waals surface area contributed by atoms with Gasteiger partial charge in [0.05, 0.1) is 12.6 Å². The molecule has 0 saturated carbocycles. The van der Waals surface area contributed by atoms with Crippen molar-refractivity contribution in [2.75, 3.05) is 7.05 Å². The molecule has 3 aromatic rings. The van der Waals surface area contributed by atoms with Crippen LogP contribution in [0.25, 0.3) is 11.5 Å². The lowest BCUT2D eigenvalue weighted by molar-refractivity contribution is -0.909. The number of benzene rings is 1. The summed E-state index contributed by atoms with van der Waals surface area (Å²) in [4.78, 5) is 1.28. The van der Waals surface area contributed by atoms with Crippen LogP contribution in [0.1, 0.15) is 23.0 Å². The Morgan fingerprint density at radius 1 is 1.04 bits per heavy atom. The van der Waals surface area contributed by atoms with Crippen molar-refractivity contribution in [2.45, 2.75) is 26.9 Å². The zero-order valence-corrected chi connectivity index (χ0v) is 15.0. The molecule has 120 valence electrons. The highest BCUT2D eigenvalue weighted by molar-refractivity contribution is 9.10. The molecule has 0 spiro atoms. The van der Waals surface area contributed by atoms with E-state index in [1.165, 1.54) is 10.5 Å². The Morgan fingerprint density at radius 3 is 2.43 bits per heavy atom. The zero-order chi connectivity index (χ0) is 16.4. The average Bonchev–Trinajstić information content (AvgIpc) is 3.07. The number of rotatable bonds is 5. The first-order valence-corrected chi connectivity index (χ1v) is 8.26. The molecule has 23 heavy (non-hydrogen) atoms. The van der Waals surface area contributed by atoms with E-state index in [0.29, 0.717) is 18.3 Å². The van der Waals surface area contributed by atoms with Gasteiger partial charge >= 0.3 is 0 Å². The van der Waals surface area contributed by atoms with Crippen LogP contribution in [-0.4, -0.2) is 17.2 Å². The summed E-state index contributed by atoms with van der Waals surface area (Å²) in [5.41, 5.74) is 2.14. The van der Waals surface area contributed by atoms with Crippen LogP contribution in [0.4, 0.5) is 0 Å². The molecule has 1 atom stereocenters. The number of hydrogen-bond donors (Lipinski definition) is 1. The van der Waals surface area contributed by atoms with Gasteiger partial charge in [-0.1, -0.05) is 28.1 Å². The zero-order valence-electron chi connectivity index (χ0n) is 13.4. The number of nitrogens with one attached hydrogen (secondary N) is 1. The second-order valence-corrected chi connectivity index (χ2v) is 6.68. The summed E-state index contributed by atoms with van der Waals surface area (Å²) in [6.45, 7) is 5.38. The standard InChI is InChI=1S/C17H18BrN3O2/c1-11-8-15(12(2)22-11)17-20-19-16(23-17)10-21(3)9-13-4-6-14(18)7-5-13/h4-8H,9-10H2,1-3H3/p+1. The SMILES string of the molecule is Cc1cc(-c2nnc(C[NH+](C)Cc3ccc(Br)cc3)o2)c(C)o1. The molecular formula is C17H19BrN3O2+. The van der Waals surface area contributed by atoms with E-state index in [0.717, 1.165) is 28.1 Å². The highest BCUT2D eigenvalue weighted by Crippen LogP contribution is 2.25. The Morgan fingerprint density at radius 2 is 1.78 bits per heavy atom. The molecule has 1 aromatic carbocycles. The Kier molecular flexibility index (Phi) is 4.63. The van der Waals surface area contributed by atoms with Crippen molar-refractivity contribution in [3.05, 3.63) is 57.8 Å². The van der Waals surface area contributed by atoms with Crippen molar-refractivity contribution in [3.63, 3.8) is 0 Å². The quantitative estimate of drug-likeness (QED) is 0.743. The minimum Gasteiger partial charge on any atom is -0.466 e. The Bertz CT molecular complexity index is 793. The van der Waals surface area contributed by atoms with Crippen molar-refractivity contribution >= 4 is 15.9 Å². The maximum atomic E-state index is 5.78. The molecule has 0 amide bonds. The third kappa shape index (κ3) is 3.89. The lowest BCUT2D eigenvalue weighted by atomic mass is 10.2. The molecule has 0 aliphatic heterocycles. The molecule has 0 bridgehead atoms. The van der Waals surface area contributed by atoms with Gasteiger partial charge in [0.25, 0.3) is 11.8 Å². The Hall–Kier alpha value is -1.92. The van der Waals surface area contributed by atoms with Crippen molar-refractivity contribution in [1.29, 1.82) is 0 Å². The second kappa shape index (κ2) is 6.68. The first-order valence-electron chi connectivity index (χ1n) is 7.47. The van der Waals surface area contributed by atoms with Crippen molar-refractivity contribution < 1.29 is 13.7 Å². The maximum Gasteiger partial charge on any atom is 0.271 e. The van der Waals surface area contributed by atoms with Crippen LogP contribution in [0.5, 0.6) is 0 Å². The molecule has 0 radical (unpaired) electrons. The van der Waals surface area contributed by atoms with Gasteiger partial charge in [-0.2, -0.15) is 0 Å². The van der Waals surface area contributed by atoms with Gasteiger partial charge in [-0.25, -0.2) is 0 Å². The van der Waals surface area contributed by atoms with Gasteiger partial charge in [0.1, 0.15) is 18.1 Å². The van der Waals surface area contributed by atoms with Gasteiger partial charge in [-0.05, 0) is 32.0 Å². The fourth-order valence-corrected chi connectivity index (χ4v) is 2.81. The molecule has 0 aliphatic rings. The number of halogens is 1. The first kappa shape index (κ1) is 16.0. The predicted molar refractivity (Wildman–Crippen MR) is 89.9 cm³/mol. The van der Waals surface area contributed by atoms with E-state index in [1.807, 2.05) is 19.9 Å². The number of quaternary nitrogens is 1. The summed E-state index contributed by atoms with van der Waals surface area (Å²) >= 11 is 3.45. The number of furan rings is 1. The second-order valence-electron chi connectivity index (χ2n) is 5.76. The van der Waals surface area contributed by atoms with Gasteiger partial charge < -0.3 is 13.7 Å². The van der Waals surface area contributed by atoms with Crippen LogP contribution >= 0.6 is 15.9 Å². The van der Waals surface area contributed by atoms with Crippen LogP contribution in [0.15, 0.2) is 43.6 Å². The van der Waals surface area contributed by atoms with Gasteiger partial charge in [0, 0.05) is 10.0 Å². The van der Waals surface area contributed by atoms with E-state index in [2.05, 4.69) is 57.4 Å². The van der Waals surface area contributed by atoms with E-state index in [-0.39, 0.29) is 0 Å². The topological polar surface area (TPSA) is 56.5 Å². The highest BCUT2D eigenvalue weighted by atomic mass is 79.9. The third-order valence-electron chi connectivity index (χ3n) is 3.61. The summed E-state index contributed by atoms with van der Waals surface area (Å²) in [7, 11) is 2.11. The fraction of sp³-hybridized carbons (Fsp3) is 0.294. The summed E-state index contributed by atoms with van der Waals surface area (Å²) in [6.07, 6.45) is 0. The van der Waals surface area contributed by atoms with E-state index >= 15 is 0 Å². The molecule has 1 N–H and O–H groups in total. The number of hydrogen-bond acceptors (Lipinski definition) is 4. The summed E-state index contributed by atoms with van der Waals surface area (Å²) in [5.74, 6) is 2.79. The number of aryl methyl sites for hydroxylation is 2. The van der Waals surface area contributed by atoms with Crippen molar-refractivity contribution in [2.24, 2.45) is 0 Å². The lowest BCUT2D eigenvalue weighted by Crippen LogP contribution is -3.06. The Balaban J connectivity index is 1.66. The van der Waals surface area contributed by atoms with Gasteiger partial charge in [0.15, 0.2) is 6.54 Å². The fourth-order valence-electron chi connectivity index (χ4n) is 2.55. The lowest BCUT2D eigenvalue weighted by Gasteiger charge is -2.11. The molecule has 3 rings (SSSR count). The molecule has 5 nitrogen and oxygen atoms in total. The highest BCUT2D eigenvalue weighted by Gasteiger charge is 2.16. The molecule has 2 heterocycles. The Labute approximate surface area is 143 Å². The molecule has 0 fully saturated rings. The van der Waals surface area contributed by atoms with E-state index < -0.39 is 0 Å². The maximum absolute atomic E-state index is 5.78. The minimum absolute atomic E-state index is 0.519. The summed E-state index contributed by atoms with van der Waals surface area (Å²) in [5, 5.41) is 8.29. The van der Waals surface area contributed by atoms with Crippen LogP contribution < -0.4 is 4.90 Å². The molecule has 1 unspecified atom stereocenters. The van der Waals surface area contributed by atoms with Crippen LogP contribution in [0.3, 0.4) is 0 Å². The summed E-state index contributed by atoms with van der Waals surface area (Å²) < 4.78 is 12.4.